The van der Waals surface area contributed by atoms with Crippen molar-refractivity contribution >= 4 is 17.4 Å². The molecule has 4 rings (SSSR count). The average Bonchev–Trinajstić information content (AvgIpc) is 3.12. The van der Waals surface area contributed by atoms with E-state index in [2.05, 4.69) is 37.3 Å². The van der Waals surface area contributed by atoms with Gasteiger partial charge >= 0.3 is 0 Å². The molecule has 0 spiro atoms. The highest BCUT2D eigenvalue weighted by molar-refractivity contribution is 5.78. The minimum absolute atomic E-state index is 0.112. The lowest BCUT2D eigenvalue weighted by atomic mass is 9.96. The number of carbonyl (C=O) groups excluding carboxylic acids is 1. The van der Waals surface area contributed by atoms with Gasteiger partial charge in [0.2, 0.25) is 5.91 Å². The van der Waals surface area contributed by atoms with Gasteiger partial charge in [0.15, 0.2) is 11.5 Å². The number of rotatable bonds is 6. The predicted molar refractivity (Wildman–Crippen MR) is 113 cm³/mol. The number of piperidine rings is 2. The first-order valence-electron chi connectivity index (χ1n) is 11.1. The van der Waals surface area contributed by atoms with Crippen LogP contribution in [0, 0.1) is 12.8 Å². The maximum absolute atomic E-state index is 12.6. The summed E-state index contributed by atoms with van der Waals surface area (Å²) in [5.41, 5.74) is 0.763. The topological polar surface area (TPSA) is 78.7 Å². The number of aryl methyl sites for hydroxylation is 1. The molecule has 1 atom stereocenters. The van der Waals surface area contributed by atoms with Gasteiger partial charge in [0, 0.05) is 38.1 Å². The van der Waals surface area contributed by atoms with E-state index in [-0.39, 0.29) is 11.8 Å². The summed E-state index contributed by atoms with van der Waals surface area (Å²) < 4.78 is 1.78. The smallest absolute Gasteiger partial charge is 0.223 e. The van der Waals surface area contributed by atoms with Crippen molar-refractivity contribution in [2.75, 3.05) is 37.6 Å². The summed E-state index contributed by atoms with van der Waals surface area (Å²) in [6, 6.07) is 4.63. The molecule has 1 amide bonds. The fourth-order valence-corrected chi connectivity index (χ4v) is 4.55. The Bertz CT molecular complexity index is 828. The largest absolute Gasteiger partial charge is 0.356 e. The van der Waals surface area contributed by atoms with Crippen molar-refractivity contribution in [2.24, 2.45) is 5.92 Å². The van der Waals surface area contributed by atoms with E-state index in [1.807, 2.05) is 19.1 Å². The Labute approximate surface area is 172 Å². The summed E-state index contributed by atoms with van der Waals surface area (Å²) in [5.74, 6) is 2.04. The Balaban J connectivity index is 1.20. The van der Waals surface area contributed by atoms with Gasteiger partial charge in [-0.3, -0.25) is 4.79 Å². The van der Waals surface area contributed by atoms with Gasteiger partial charge in [-0.2, -0.15) is 4.52 Å². The zero-order chi connectivity index (χ0) is 20.2. The molecule has 2 fully saturated rings. The van der Waals surface area contributed by atoms with Crippen molar-refractivity contribution in [2.45, 2.75) is 58.4 Å². The summed E-state index contributed by atoms with van der Waals surface area (Å²) in [6.45, 7) is 9.01. The quantitative estimate of drug-likeness (QED) is 0.749. The normalized spacial score (nSPS) is 21.6. The van der Waals surface area contributed by atoms with Crippen LogP contribution in [-0.2, 0) is 4.79 Å². The zero-order valence-electron chi connectivity index (χ0n) is 17.7. The van der Waals surface area contributed by atoms with Crippen LogP contribution in [0.1, 0.15) is 51.3 Å². The number of amides is 1. The molecule has 8 nitrogen and oxygen atoms in total. The predicted octanol–water partition coefficient (Wildman–Crippen LogP) is 2.03. The number of hydrogen-bond acceptors (Lipinski definition) is 6. The van der Waals surface area contributed by atoms with Crippen LogP contribution < -0.4 is 10.2 Å². The monoisotopic (exact) mass is 399 g/mol. The van der Waals surface area contributed by atoms with E-state index in [4.69, 9.17) is 0 Å². The van der Waals surface area contributed by atoms with Gasteiger partial charge in [0.05, 0.1) is 0 Å². The van der Waals surface area contributed by atoms with Crippen molar-refractivity contribution < 1.29 is 4.79 Å². The van der Waals surface area contributed by atoms with Crippen LogP contribution in [0.3, 0.4) is 0 Å². The lowest BCUT2D eigenvalue weighted by Crippen LogP contribution is -2.42. The van der Waals surface area contributed by atoms with Gasteiger partial charge < -0.3 is 15.1 Å². The Morgan fingerprint density at radius 1 is 1.14 bits per heavy atom. The van der Waals surface area contributed by atoms with Crippen molar-refractivity contribution in [3.63, 3.8) is 0 Å². The molecule has 1 N–H and O–H groups in total. The highest BCUT2D eigenvalue weighted by Crippen LogP contribution is 2.22. The first-order chi connectivity index (χ1) is 14.1. The number of anilines is 1. The van der Waals surface area contributed by atoms with E-state index in [9.17, 15) is 4.79 Å². The number of nitrogens with one attached hydrogen (secondary N) is 1. The Morgan fingerprint density at radius 2 is 1.97 bits per heavy atom. The summed E-state index contributed by atoms with van der Waals surface area (Å²) in [4.78, 5) is 17.4. The Morgan fingerprint density at radius 3 is 2.76 bits per heavy atom. The molecule has 29 heavy (non-hydrogen) atoms. The van der Waals surface area contributed by atoms with Gasteiger partial charge in [0.1, 0.15) is 5.82 Å². The molecule has 8 heteroatoms. The highest BCUT2D eigenvalue weighted by Gasteiger charge is 2.26. The fraction of sp³-hybridized carbons (Fsp3) is 0.714. The van der Waals surface area contributed by atoms with Crippen LogP contribution in [0.4, 0.5) is 5.82 Å². The number of hydrogen-bond donors (Lipinski definition) is 1. The van der Waals surface area contributed by atoms with Crippen molar-refractivity contribution in [3.8, 4) is 0 Å². The maximum atomic E-state index is 12.6. The van der Waals surface area contributed by atoms with E-state index in [0.717, 1.165) is 62.7 Å². The standard InChI is InChI=1S/C21H33N7O/c1-16-6-3-4-12-26(16)13-5-11-22-21(29)18-9-14-27(15-10-18)20-8-7-19-24-23-17(2)28(19)25-20/h7-8,16,18H,3-6,9-15H2,1-2H3,(H,22,29). The van der Waals surface area contributed by atoms with E-state index in [1.165, 1.54) is 25.8 Å². The summed E-state index contributed by atoms with van der Waals surface area (Å²) in [5, 5.41) is 16.0. The average molecular weight is 400 g/mol. The van der Waals surface area contributed by atoms with E-state index >= 15 is 0 Å². The summed E-state index contributed by atoms with van der Waals surface area (Å²) in [7, 11) is 0. The lowest BCUT2D eigenvalue weighted by Gasteiger charge is -2.33. The van der Waals surface area contributed by atoms with Gasteiger partial charge in [-0.25, -0.2) is 0 Å². The summed E-state index contributed by atoms with van der Waals surface area (Å²) in [6.07, 6.45) is 6.76. The SMILES string of the molecule is Cc1nnc2ccc(N3CCC(C(=O)NCCCN4CCCCC4C)CC3)nn12. The third-order valence-electron chi connectivity index (χ3n) is 6.46. The lowest BCUT2D eigenvalue weighted by molar-refractivity contribution is -0.125. The van der Waals surface area contributed by atoms with Crippen LogP contribution in [0.2, 0.25) is 0 Å². The molecule has 2 aliphatic heterocycles. The van der Waals surface area contributed by atoms with E-state index in [0.29, 0.717) is 6.04 Å². The molecular formula is C21H33N7O. The number of fused-ring (bicyclic) bond motifs is 1. The molecule has 2 aliphatic rings. The molecule has 0 bridgehead atoms. The van der Waals surface area contributed by atoms with Crippen LogP contribution in [0.5, 0.6) is 0 Å². The first kappa shape index (κ1) is 20.1. The molecule has 0 aliphatic carbocycles. The van der Waals surface area contributed by atoms with Gasteiger partial charge in [-0.15, -0.1) is 15.3 Å². The first-order valence-corrected chi connectivity index (χ1v) is 11.1. The van der Waals surface area contributed by atoms with Gasteiger partial charge in [-0.05, 0) is 64.6 Å². The molecule has 2 aromatic heterocycles. The number of carbonyl (C=O) groups is 1. The van der Waals surface area contributed by atoms with Gasteiger partial charge in [0.25, 0.3) is 0 Å². The molecule has 0 aromatic carbocycles. The molecule has 0 saturated carbocycles. The Kier molecular flexibility index (Phi) is 6.28. The molecule has 1 unspecified atom stereocenters. The Hall–Kier alpha value is -2.22. The van der Waals surface area contributed by atoms with Gasteiger partial charge in [-0.1, -0.05) is 6.42 Å². The van der Waals surface area contributed by atoms with E-state index < -0.39 is 0 Å². The third-order valence-corrected chi connectivity index (χ3v) is 6.46. The fourth-order valence-electron chi connectivity index (χ4n) is 4.55. The minimum atomic E-state index is 0.112. The zero-order valence-corrected chi connectivity index (χ0v) is 17.7. The summed E-state index contributed by atoms with van der Waals surface area (Å²) >= 11 is 0. The second-order valence-corrected chi connectivity index (χ2v) is 8.50. The van der Waals surface area contributed by atoms with Crippen LogP contribution in [0.15, 0.2) is 12.1 Å². The third kappa shape index (κ3) is 4.69. The second kappa shape index (κ2) is 9.07. The molecular weight excluding hydrogens is 366 g/mol. The van der Waals surface area contributed by atoms with Crippen molar-refractivity contribution in [1.82, 2.24) is 30.0 Å². The van der Waals surface area contributed by atoms with Crippen LogP contribution in [0.25, 0.3) is 5.65 Å². The number of aromatic nitrogens is 4. The maximum Gasteiger partial charge on any atom is 0.223 e. The van der Waals surface area contributed by atoms with E-state index in [1.54, 1.807) is 4.52 Å². The molecule has 2 saturated heterocycles. The highest BCUT2D eigenvalue weighted by atomic mass is 16.1. The molecule has 4 heterocycles. The van der Waals surface area contributed by atoms with Crippen LogP contribution >= 0.6 is 0 Å². The number of nitrogens with zero attached hydrogens (tertiary/aromatic N) is 6. The number of likely N-dealkylation sites (tertiary alicyclic amines) is 1. The second-order valence-electron chi connectivity index (χ2n) is 8.50. The van der Waals surface area contributed by atoms with Crippen molar-refractivity contribution in [3.05, 3.63) is 18.0 Å². The van der Waals surface area contributed by atoms with Crippen LogP contribution in [-0.4, -0.2) is 69.4 Å². The van der Waals surface area contributed by atoms with Crippen molar-refractivity contribution in [1.29, 1.82) is 0 Å². The minimum Gasteiger partial charge on any atom is -0.356 e. The molecule has 0 radical (unpaired) electrons. The molecule has 158 valence electrons. The molecule has 2 aromatic rings.